The van der Waals surface area contributed by atoms with E-state index in [9.17, 15) is 33.6 Å². The van der Waals surface area contributed by atoms with Gasteiger partial charge >= 0.3 is 12.1 Å². The second-order valence-electron chi connectivity index (χ2n) is 14.1. The van der Waals surface area contributed by atoms with Crippen LogP contribution in [0, 0.1) is 5.92 Å². The van der Waals surface area contributed by atoms with Crippen molar-refractivity contribution in [3.05, 3.63) is 88.2 Å². The Hall–Kier alpha value is -7.11. The number of carbonyl (C=O) groups excluding carboxylic acids is 7. The molecule has 2 unspecified atom stereocenters. The normalized spacial score (nSPS) is 14.2. The molecule has 0 saturated carbocycles. The van der Waals surface area contributed by atoms with E-state index in [1.54, 1.807) is 79.6 Å². The molecule has 7 amide bonds. The van der Waals surface area contributed by atoms with Crippen LogP contribution in [0.2, 0.25) is 0 Å². The number of fused-ring (bicyclic) bond motifs is 2. The molecule has 0 bridgehead atoms. The van der Waals surface area contributed by atoms with Gasteiger partial charge in [0.2, 0.25) is 18.2 Å². The first kappa shape index (κ1) is 42.0. The molecule has 304 valence electrons. The Morgan fingerprint density at radius 2 is 1.76 bits per heavy atom. The largest absolute Gasteiger partial charge is 0.445 e. The van der Waals surface area contributed by atoms with Crippen LogP contribution in [0.1, 0.15) is 65.9 Å². The molecule has 2 aromatic carbocycles. The number of hydrogen-bond donors (Lipinski definition) is 7. The van der Waals surface area contributed by atoms with Crippen molar-refractivity contribution >= 4 is 71.5 Å². The first-order valence-corrected chi connectivity index (χ1v) is 18.6. The number of aromatic nitrogens is 1. The minimum Gasteiger partial charge on any atom is -0.445 e. The number of nitrogens with two attached hydrogens (primary N) is 2. The van der Waals surface area contributed by atoms with Crippen molar-refractivity contribution in [3.8, 4) is 0 Å². The van der Waals surface area contributed by atoms with Gasteiger partial charge in [-0.3, -0.25) is 29.0 Å². The number of anilines is 2. The Balaban J connectivity index is 1.14. The number of amides is 7. The van der Waals surface area contributed by atoms with Crippen molar-refractivity contribution in [2.24, 2.45) is 22.4 Å². The van der Waals surface area contributed by atoms with E-state index in [1.165, 1.54) is 0 Å². The summed E-state index contributed by atoms with van der Waals surface area (Å²) in [6.45, 7) is 4.26. The number of aliphatic imine (C=N–C) groups is 1. The van der Waals surface area contributed by atoms with Crippen LogP contribution in [0.4, 0.5) is 26.7 Å². The first-order chi connectivity index (χ1) is 27.8. The molecule has 1 aromatic heterocycles. The third kappa shape index (κ3) is 11.5. The molecular formula is C40H46N10O8. The monoisotopic (exact) mass is 794 g/mol. The molecule has 5 rings (SSSR count). The highest BCUT2D eigenvalue weighted by Gasteiger charge is 2.28. The quantitative estimate of drug-likeness (QED) is 0.0823. The Morgan fingerprint density at radius 1 is 0.983 bits per heavy atom. The Morgan fingerprint density at radius 3 is 2.47 bits per heavy atom. The fraction of sp³-hybridized carbons (Fsp3) is 0.325. The van der Waals surface area contributed by atoms with Gasteiger partial charge in [0.1, 0.15) is 30.8 Å². The van der Waals surface area contributed by atoms with Crippen LogP contribution in [0.5, 0.6) is 0 Å². The smallest absolute Gasteiger partial charge is 0.410 e. The molecule has 2 aliphatic heterocycles. The summed E-state index contributed by atoms with van der Waals surface area (Å²) in [5.41, 5.74) is 16.1. The highest BCUT2D eigenvalue weighted by atomic mass is 16.6. The van der Waals surface area contributed by atoms with E-state index in [2.05, 4.69) is 36.6 Å². The first-order valence-electron chi connectivity index (χ1n) is 18.6. The van der Waals surface area contributed by atoms with Gasteiger partial charge in [0.25, 0.3) is 5.91 Å². The lowest BCUT2D eigenvalue weighted by molar-refractivity contribution is -0.130. The molecule has 18 heteroatoms. The van der Waals surface area contributed by atoms with Gasteiger partial charge in [0, 0.05) is 54.0 Å². The van der Waals surface area contributed by atoms with Crippen LogP contribution in [-0.2, 0) is 43.5 Å². The van der Waals surface area contributed by atoms with E-state index in [0.717, 1.165) is 17.5 Å². The number of rotatable bonds is 16. The molecule has 9 N–H and O–H groups in total. The summed E-state index contributed by atoms with van der Waals surface area (Å²) in [5, 5.41) is 13.2. The fourth-order valence-corrected chi connectivity index (χ4v) is 6.33. The number of aldehydes is 1. The zero-order valence-electron chi connectivity index (χ0n) is 32.1. The summed E-state index contributed by atoms with van der Waals surface area (Å²) in [6.07, 6.45) is 5.09. The topological polar surface area (TPSA) is 269 Å². The summed E-state index contributed by atoms with van der Waals surface area (Å²) in [4.78, 5) is 96.3. The average Bonchev–Trinajstić information content (AvgIpc) is 3.37. The Labute approximate surface area is 334 Å². The lowest BCUT2D eigenvalue weighted by Gasteiger charge is -2.28. The van der Waals surface area contributed by atoms with Crippen molar-refractivity contribution in [1.29, 1.82) is 0 Å². The van der Waals surface area contributed by atoms with Crippen LogP contribution < -0.4 is 38.1 Å². The molecule has 0 fully saturated rings. The zero-order chi connectivity index (χ0) is 41.8. The van der Waals surface area contributed by atoms with Gasteiger partial charge in [0.15, 0.2) is 0 Å². The average molecular weight is 795 g/mol. The van der Waals surface area contributed by atoms with Gasteiger partial charge in [-0.1, -0.05) is 32.0 Å². The molecule has 58 heavy (non-hydrogen) atoms. The lowest BCUT2D eigenvalue weighted by Crippen LogP contribution is -2.53. The summed E-state index contributed by atoms with van der Waals surface area (Å²) in [6, 6.07) is 10.8. The number of ether oxygens (including phenoxy) is 1. The summed E-state index contributed by atoms with van der Waals surface area (Å²) < 4.78 is 5.60. The molecule has 3 aromatic rings. The van der Waals surface area contributed by atoms with Crippen molar-refractivity contribution in [3.63, 3.8) is 0 Å². The molecule has 2 atom stereocenters. The zero-order valence-corrected chi connectivity index (χ0v) is 32.1. The minimum atomic E-state index is -0.985. The van der Waals surface area contributed by atoms with Crippen LogP contribution in [0.3, 0.4) is 0 Å². The molecule has 3 heterocycles. The van der Waals surface area contributed by atoms with E-state index in [0.29, 0.717) is 65.1 Å². The number of pyridine rings is 1. The number of hydrogen-bond acceptors (Lipinski definition) is 11. The number of primary amides is 1. The third-order valence-corrected chi connectivity index (χ3v) is 9.37. The molecule has 18 nitrogen and oxygen atoms in total. The van der Waals surface area contributed by atoms with E-state index < -0.39 is 41.9 Å². The van der Waals surface area contributed by atoms with Crippen LogP contribution in [0.15, 0.2) is 65.3 Å². The highest BCUT2D eigenvalue weighted by Crippen LogP contribution is 2.28. The molecule has 0 radical (unpaired) electrons. The SMILES string of the molecule is CC(C)C(NC=O)C(=O)NC(CCCNC(N)=O)C(=O)Nc1ccc(COC(=O)N2CCc3ncc(NC(=O)c4ccc5c(c4)N=C(N)CC(C=O)=C5)cc3C2)cc1. The lowest BCUT2D eigenvalue weighted by atomic mass is 10.0. The molecule has 0 spiro atoms. The summed E-state index contributed by atoms with van der Waals surface area (Å²) in [7, 11) is 0. The van der Waals surface area contributed by atoms with E-state index in [4.69, 9.17) is 16.2 Å². The van der Waals surface area contributed by atoms with Gasteiger partial charge in [-0.15, -0.1) is 0 Å². The van der Waals surface area contributed by atoms with Gasteiger partial charge in [-0.25, -0.2) is 14.6 Å². The molecule has 0 aliphatic carbocycles. The highest BCUT2D eigenvalue weighted by molar-refractivity contribution is 6.06. The number of nitrogens with zero attached hydrogens (tertiary/aromatic N) is 3. The van der Waals surface area contributed by atoms with Gasteiger partial charge in [-0.05, 0) is 66.3 Å². The molecule has 0 saturated heterocycles. The maximum absolute atomic E-state index is 13.3. The summed E-state index contributed by atoms with van der Waals surface area (Å²) >= 11 is 0. The van der Waals surface area contributed by atoms with E-state index in [1.807, 2.05) is 0 Å². The standard InChI is InChI=1S/C40H46N10O8/c1-23(2)35(45-22-52)38(55)49-32(4-3-12-43-39(42)56)37(54)46-29-9-5-24(6-10-29)21-58-40(57)50-13-11-31-28(19-50)16-30(18-44-31)47-36(53)27-8-7-26-14-25(20-51)15-34(41)48-33(26)17-27/h5-10,14,16-18,20,22-23,32,35H,3-4,11-13,15,19,21H2,1-2H3,(H2,41,48)(H,45,52)(H,46,54)(H,47,53)(H,49,55)(H3,42,43,56). The van der Waals surface area contributed by atoms with Crippen molar-refractivity contribution < 1.29 is 38.3 Å². The van der Waals surface area contributed by atoms with Crippen LogP contribution in [-0.4, -0.2) is 83.4 Å². The minimum absolute atomic E-state index is 0.0423. The van der Waals surface area contributed by atoms with Crippen molar-refractivity contribution in [2.45, 2.75) is 64.8 Å². The Bertz CT molecular complexity index is 2120. The molecular weight excluding hydrogens is 749 g/mol. The number of nitrogens with one attached hydrogen (secondary N) is 5. The van der Waals surface area contributed by atoms with Gasteiger partial charge < -0.3 is 47.7 Å². The fourth-order valence-electron chi connectivity index (χ4n) is 6.33. The predicted molar refractivity (Wildman–Crippen MR) is 215 cm³/mol. The number of benzene rings is 2. The van der Waals surface area contributed by atoms with Crippen molar-refractivity contribution in [1.82, 2.24) is 25.8 Å². The van der Waals surface area contributed by atoms with Crippen LogP contribution >= 0.6 is 0 Å². The molecule has 2 aliphatic rings. The van der Waals surface area contributed by atoms with E-state index in [-0.39, 0.29) is 44.3 Å². The number of amidine groups is 1. The Kier molecular flexibility index (Phi) is 14.2. The van der Waals surface area contributed by atoms with Gasteiger partial charge in [0.05, 0.1) is 24.1 Å². The third-order valence-electron chi connectivity index (χ3n) is 9.37. The van der Waals surface area contributed by atoms with E-state index >= 15 is 0 Å². The second kappa shape index (κ2) is 19.7. The number of urea groups is 1. The maximum Gasteiger partial charge on any atom is 0.410 e. The van der Waals surface area contributed by atoms with Gasteiger partial charge in [-0.2, -0.15) is 0 Å². The van der Waals surface area contributed by atoms with Crippen LogP contribution in [0.25, 0.3) is 6.08 Å². The maximum atomic E-state index is 13.3. The second-order valence-corrected chi connectivity index (χ2v) is 14.1. The van der Waals surface area contributed by atoms with Crippen molar-refractivity contribution in [2.75, 3.05) is 23.7 Å². The summed E-state index contributed by atoms with van der Waals surface area (Å²) in [5.74, 6) is -1.41. The predicted octanol–water partition coefficient (Wildman–Crippen LogP) is 2.65. The number of carbonyl (C=O) groups is 7.